The van der Waals surface area contributed by atoms with Gasteiger partial charge in [0, 0.05) is 47.8 Å². The number of sulfonamides is 1. The molecule has 10 heteroatoms. The molecule has 1 aromatic heterocycles. The summed E-state index contributed by atoms with van der Waals surface area (Å²) in [6.45, 7) is 5.75. The first-order valence-corrected chi connectivity index (χ1v) is 14.3. The summed E-state index contributed by atoms with van der Waals surface area (Å²) in [5.41, 5.74) is 8.49. The fraction of sp³-hybridized carbons (Fsp3) is 0.214. The lowest BCUT2D eigenvalue weighted by atomic mass is 10.1. The van der Waals surface area contributed by atoms with Crippen LogP contribution >= 0.6 is 11.3 Å². The molecule has 0 aliphatic heterocycles. The fourth-order valence-corrected chi connectivity index (χ4v) is 6.48. The predicted octanol–water partition coefficient (Wildman–Crippen LogP) is 5.80. The minimum absolute atomic E-state index is 0.0587. The van der Waals surface area contributed by atoms with E-state index in [1.54, 1.807) is 58.3 Å². The number of carbonyl (C=O) groups excluding carboxylic acids is 1. The number of nitrogens with zero attached hydrogens (tertiary/aromatic N) is 2. The molecule has 38 heavy (non-hydrogen) atoms. The van der Waals surface area contributed by atoms with Gasteiger partial charge in [-0.3, -0.25) is 0 Å². The van der Waals surface area contributed by atoms with Crippen LogP contribution in [-0.2, 0) is 16.6 Å². The number of rotatable bonds is 7. The molecule has 0 aliphatic carbocycles. The molecule has 0 bridgehead atoms. The highest BCUT2D eigenvalue weighted by molar-refractivity contribution is 7.89. The molecule has 0 fully saturated rings. The summed E-state index contributed by atoms with van der Waals surface area (Å²) in [7, 11) is -2.25. The molecule has 198 valence electrons. The van der Waals surface area contributed by atoms with Gasteiger partial charge in [-0.15, -0.1) is 11.3 Å². The minimum Gasteiger partial charge on any atom is -0.399 e. The lowest BCUT2D eigenvalue weighted by Crippen LogP contribution is -2.40. The van der Waals surface area contributed by atoms with E-state index in [0.29, 0.717) is 28.4 Å². The van der Waals surface area contributed by atoms with Gasteiger partial charge in [-0.2, -0.15) is 0 Å². The molecule has 0 radical (unpaired) electrons. The summed E-state index contributed by atoms with van der Waals surface area (Å²) in [5.74, 6) is 0. The maximum Gasteiger partial charge on any atom is 0.321 e. The average molecular weight is 550 g/mol. The van der Waals surface area contributed by atoms with Gasteiger partial charge < -0.3 is 16.0 Å². The van der Waals surface area contributed by atoms with Gasteiger partial charge in [0.2, 0.25) is 10.0 Å². The number of amides is 2. The number of carbonyl (C=O) groups is 1. The lowest BCUT2D eigenvalue weighted by Gasteiger charge is -2.22. The van der Waals surface area contributed by atoms with Crippen molar-refractivity contribution in [3.8, 4) is 21.0 Å². The highest BCUT2D eigenvalue weighted by Crippen LogP contribution is 2.37. The zero-order valence-corrected chi connectivity index (χ0v) is 23.4. The SMILES string of the molecule is CN(Cc1ccccc1)C(=O)Nc1ccc(-c2cnc(-c3ccc(N)cc3)s2)c(S(=O)(=O)NC(C)(C)C)c1. The Kier molecular flexibility index (Phi) is 7.86. The average Bonchev–Trinajstić information content (AvgIpc) is 3.34. The maximum atomic E-state index is 13.5. The zero-order valence-electron chi connectivity index (χ0n) is 21.7. The molecule has 0 spiro atoms. The van der Waals surface area contributed by atoms with Crippen molar-refractivity contribution in [2.75, 3.05) is 18.1 Å². The highest BCUT2D eigenvalue weighted by atomic mass is 32.2. The number of aromatic nitrogens is 1. The molecule has 2 amide bonds. The zero-order chi connectivity index (χ0) is 27.5. The standard InChI is InChI=1S/C28H31N5O3S2/c1-28(2,3)32-38(35,36)25-16-22(31-27(34)33(4)18-19-8-6-5-7-9-19)14-15-23(25)24-17-30-26(37-24)20-10-12-21(29)13-11-20/h5-17,32H,18,29H2,1-4H3,(H,31,34). The summed E-state index contributed by atoms with van der Waals surface area (Å²) < 4.78 is 29.7. The Labute approximate surface area is 227 Å². The Bertz CT molecular complexity index is 1530. The first kappa shape index (κ1) is 27.3. The van der Waals surface area contributed by atoms with E-state index in [0.717, 1.165) is 16.1 Å². The second kappa shape index (κ2) is 10.9. The smallest absolute Gasteiger partial charge is 0.321 e. The molecular formula is C28H31N5O3S2. The van der Waals surface area contributed by atoms with Crippen molar-refractivity contribution in [2.45, 2.75) is 37.8 Å². The number of benzene rings is 3. The van der Waals surface area contributed by atoms with Crippen molar-refractivity contribution in [3.63, 3.8) is 0 Å². The monoisotopic (exact) mass is 549 g/mol. The number of urea groups is 1. The van der Waals surface area contributed by atoms with E-state index in [4.69, 9.17) is 5.73 Å². The first-order chi connectivity index (χ1) is 17.9. The van der Waals surface area contributed by atoms with Crippen LogP contribution in [0.25, 0.3) is 21.0 Å². The molecule has 4 rings (SSSR count). The molecule has 4 N–H and O–H groups in total. The molecule has 8 nitrogen and oxygen atoms in total. The normalized spacial score (nSPS) is 11.8. The predicted molar refractivity (Wildman–Crippen MR) is 154 cm³/mol. The fourth-order valence-electron chi connectivity index (χ4n) is 3.79. The van der Waals surface area contributed by atoms with Crippen LogP contribution in [0, 0.1) is 0 Å². The second-order valence-corrected chi connectivity index (χ2v) is 12.7. The Morgan fingerprint density at radius 1 is 1.03 bits per heavy atom. The third-order valence-corrected chi connectivity index (χ3v) is 8.38. The van der Waals surface area contributed by atoms with Crippen LogP contribution < -0.4 is 15.8 Å². The Hall–Kier alpha value is -3.73. The Morgan fingerprint density at radius 2 is 1.71 bits per heavy atom. The minimum atomic E-state index is -3.94. The molecule has 1 heterocycles. The summed E-state index contributed by atoms with van der Waals surface area (Å²) >= 11 is 1.38. The number of nitrogens with two attached hydrogens (primary N) is 1. The van der Waals surface area contributed by atoms with Crippen LogP contribution in [0.15, 0.2) is 83.9 Å². The highest BCUT2D eigenvalue weighted by Gasteiger charge is 2.27. The van der Waals surface area contributed by atoms with Crippen LogP contribution in [0.4, 0.5) is 16.2 Å². The van der Waals surface area contributed by atoms with Gasteiger partial charge in [0.05, 0.1) is 9.77 Å². The molecule has 0 aliphatic rings. The quantitative estimate of drug-likeness (QED) is 0.252. The van der Waals surface area contributed by atoms with E-state index in [-0.39, 0.29) is 10.9 Å². The molecule has 0 atom stereocenters. The van der Waals surface area contributed by atoms with E-state index in [1.165, 1.54) is 22.3 Å². The molecule has 0 saturated heterocycles. The van der Waals surface area contributed by atoms with Gasteiger partial charge in [0.1, 0.15) is 5.01 Å². The van der Waals surface area contributed by atoms with Crippen molar-refractivity contribution >= 4 is 38.8 Å². The van der Waals surface area contributed by atoms with Gasteiger partial charge in [0.25, 0.3) is 0 Å². The molecule has 3 aromatic carbocycles. The van der Waals surface area contributed by atoms with Gasteiger partial charge in [-0.1, -0.05) is 36.4 Å². The molecule has 0 saturated carbocycles. The van der Waals surface area contributed by atoms with E-state index < -0.39 is 15.6 Å². The summed E-state index contributed by atoms with van der Waals surface area (Å²) in [6.07, 6.45) is 1.66. The van der Waals surface area contributed by atoms with Crippen LogP contribution in [0.3, 0.4) is 0 Å². The van der Waals surface area contributed by atoms with Gasteiger partial charge >= 0.3 is 6.03 Å². The van der Waals surface area contributed by atoms with Crippen molar-refractivity contribution in [2.24, 2.45) is 0 Å². The molecular weight excluding hydrogens is 518 g/mol. The number of hydrogen-bond donors (Lipinski definition) is 3. The van der Waals surface area contributed by atoms with Crippen molar-refractivity contribution < 1.29 is 13.2 Å². The number of nitrogens with one attached hydrogen (secondary N) is 2. The number of thiazole rings is 1. The van der Waals surface area contributed by atoms with E-state index in [9.17, 15) is 13.2 Å². The largest absolute Gasteiger partial charge is 0.399 e. The number of nitrogen functional groups attached to an aromatic ring is 1. The Morgan fingerprint density at radius 3 is 2.37 bits per heavy atom. The van der Waals surface area contributed by atoms with Gasteiger partial charge in [-0.05, 0) is 62.7 Å². The maximum absolute atomic E-state index is 13.5. The van der Waals surface area contributed by atoms with Crippen LogP contribution in [0.1, 0.15) is 26.3 Å². The van der Waals surface area contributed by atoms with Gasteiger partial charge in [0.15, 0.2) is 0 Å². The van der Waals surface area contributed by atoms with Crippen LogP contribution in [0.2, 0.25) is 0 Å². The van der Waals surface area contributed by atoms with Crippen LogP contribution in [0.5, 0.6) is 0 Å². The number of anilines is 2. The number of hydrogen-bond acceptors (Lipinski definition) is 6. The molecule has 4 aromatic rings. The molecule has 0 unspecified atom stereocenters. The summed E-state index contributed by atoms with van der Waals surface area (Å²) in [5, 5.41) is 3.57. The summed E-state index contributed by atoms with van der Waals surface area (Å²) in [4.78, 5) is 19.7. The van der Waals surface area contributed by atoms with E-state index in [2.05, 4.69) is 15.0 Å². The van der Waals surface area contributed by atoms with E-state index in [1.807, 2.05) is 42.5 Å². The topological polar surface area (TPSA) is 117 Å². The third kappa shape index (κ3) is 6.77. The van der Waals surface area contributed by atoms with Crippen molar-refractivity contribution in [1.29, 1.82) is 0 Å². The Balaban J connectivity index is 1.67. The summed E-state index contributed by atoms with van der Waals surface area (Å²) in [6, 6.07) is 21.5. The third-order valence-electron chi connectivity index (χ3n) is 5.50. The van der Waals surface area contributed by atoms with Crippen molar-refractivity contribution in [1.82, 2.24) is 14.6 Å². The van der Waals surface area contributed by atoms with Crippen molar-refractivity contribution in [3.05, 3.63) is 84.6 Å². The van der Waals surface area contributed by atoms with Crippen LogP contribution in [-0.4, -0.2) is 36.9 Å². The van der Waals surface area contributed by atoms with Gasteiger partial charge in [-0.25, -0.2) is 22.9 Å². The van der Waals surface area contributed by atoms with E-state index >= 15 is 0 Å². The first-order valence-electron chi connectivity index (χ1n) is 12.0. The second-order valence-electron chi connectivity index (χ2n) is 9.99. The lowest BCUT2D eigenvalue weighted by molar-refractivity contribution is 0.220.